The number of hydrogen-bond acceptors (Lipinski definition) is 16. The smallest absolute Gasteiger partial charge is 0.381 e. The Morgan fingerprint density at radius 1 is 0.309 bits per heavy atom. The zero-order valence-electron chi connectivity index (χ0n) is 80.1. The van der Waals surface area contributed by atoms with Gasteiger partial charge in [-0.15, -0.1) is 250 Å². The largest absolute Gasteiger partial charge is 0.512 e. The molecule has 11 heterocycles. The number of rotatable bonds is 12. The SMILES string of the molecule is CC(=O)C=C(C)O.CC(=O)C=C(C)O.FC(F)(F)c1c[c-]c(-c2ccccn2)cc1.[Ir].[Ir].[Ir].[Ir].[Ir].[Ir].[Pt].[c-]1ccc(-c2ccccc2)cc1-c1ccccn1.[c-]1ccccc1-c1ccccn1.[c-]1ccccc1-c1ccccn1.[c-]1ccccc1-c1ccccn1.[c-]1ccccc1-c1nccc2ccccc12.[c-]1ccccc1-c1nccc2ccccc12.[c-]1ccsc1-c1ccccn1.c1ccc(-c2nc3ccccc3o2)nc1. The van der Waals surface area contributed by atoms with Gasteiger partial charge in [-0.05, 0) is 179 Å². The van der Waals surface area contributed by atoms with Crippen molar-refractivity contribution in [2.24, 2.45) is 0 Å². The molecule has 22 aromatic rings. The van der Waals surface area contributed by atoms with Gasteiger partial charge < -0.3 is 54.5 Å². The first-order valence-electron chi connectivity index (χ1n) is 44.6. The van der Waals surface area contributed by atoms with Gasteiger partial charge in [-0.25, -0.2) is 16.3 Å². The standard InChI is InChI=1S/C17H12N.2C15H10N.C12H7F3N.C12H8N2O.3C11H8N.C9H6NS.2C5H8O2.6Ir.Pt/c1-2-7-14(8-3-1)15-9-6-10-16(13-15)17-11-4-5-12-18-17;2*1-2-7-13(8-3-1)15-14-9-5-4-6-12(14)10-11-16-15;13-12(14,15)10-6-4-9(5-7-10)11-3-1-2-8-16-11;1-2-7-11-9(5-1)14-12(15-11)10-6-3-4-8-13-10;3*1-2-6-10(7-3-1)11-8-4-5-9-12-11;1-2-6-10-8(4-1)9-5-3-7-11-9;2*1-4(6)3-5(2)7;;;;;;;/h1-9,11-13H;2*1-7,9-11H;1-4,6-8H;1-8H;3*1-6,8-9H;1-4,6-7H;2*3,6H,1-2H3;;;;;;;/q4*-1;;4*-1;;;;;;;;;. The molecule has 2 N–H and O–H groups in total. The minimum atomic E-state index is -4.32. The molecule has 0 saturated carbocycles. The van der Waals surface area contributed by atoms with Crippen molar-refractivity contribution >= 4 is 55.5 Å². The molecule has 0 aliphatic carbocycles. The van der Waals surface area contributed by atoms with E-state index in [0.29, 0.717) is 17.1 Å². The summed E-state index contributed by atoms with van der Waals surface area (Å²) < 4.78 is 42.4. The van der Waals surface area contributed by atoms with Gasteiger partial charge in [0, 0.05) is 210 Å². The molecule has 0 saturated heterocycles. The minimum Gasteiger partial charge on any atom is -0.512 e. The number of oxazole rings is 1. The number of fused-ring (bicyclic) bond motifs is 3. The topological polar surface area (TPSA) is 217 Å². The third kappa shape index (κ3) is 43.5. The predicted octanol–water partition coefficient (Wildman–Crippen LogP) is 30.4. The zero-order valence-corrected chi connectivity index (χ0v) is 97.5. The van der Waals surface area contributed by atoms with Crippen LogP contribution in [-0.4, -0.2) is 71.6 Å². The molecule has 15 nitrogen and oxygen atoms in total. The molecule has 0 spiro atoms. The number of allylic oxidation sites excluding steroid dienone is 4. The van der Waals surface area contributed by atoms with E-state index >= 15 is 0 Å². The molecular formula is C123H93F3Ir6N10O5PtS-8. The second-order valence-corrected chi connectivity index (χ2v) is 31.1. The van der Waals surface area contributed by atoms with Crippen molar-refractivity contribution in [1.82, 2.24) is 49.8 Å². The molecule has 149 heavy (non-hydrogen) atoms. The van der Waals surface area contributed by atoms with Crippen LogP contribution in [0.5, 0.6) is 0 Å². The number of pyridine rings is 9. The number of carbonyl (C=O) groups is 2. The monoisotopic (exact) mass is 3230 g/mol. The second kappa shape index (κ2) is 70.2. The number of benzene rings is 11. The Kier molecular flexibility index (Phi) is 59.2. The summed E-state index contributed by atoms with van der Waals surface area (Å²) in [7, 11) is 0. The number of carbonyl (C=O) groups excluding carboxylic acids is 2. The number of aromatic nitrogens is 10. The maximum atomic E-state index is 12.3. The number of aliphatic hydroxyl groups is 2. The van der Waals surface area contributed by atoms with E-state index in [9.17, 15) is 22.8 Å². The van der Waals surface area contributed by atoms with E-state index in [4.69, 9.17) is 14.6 Å². The number of alkyl halides is 3. The zero-order chi connectivity index (χ0) is 99.4. The van der Waals surface area contributed by atoms with Crippen LogP contribution in [0.3, 0.4) is 0 Å². The molecule has 0 unspecified atom stereocenters. The van der Waals surface area contributed by atoms with Crippen molar-refractivity contribution in [2.75, 3.05) is 0 Å². The van der Waals surface area contributed by atoms with Gasteiger partial charge in [0.15, 0.2) is 17.1 Å². The van der Waals surface area contributed by atoms with Crippen LogP contribution >= 0.6 is 11.3 Å². The number of aliphatic hydroxyl groups excluding tert-OH is 2. The number of para-hydroxylation sites is 2. The average Bonchev–Trinajstić information content (AvgIpc) is 1.69. The van der Waals surface area contributed by atoms with E-state index in [1.807, 2.05) is 339 Å². The van der Waals surface area contributed by atoms with Crippen molar-refractivity contribution in [3.8, 4) is 112 Å². The first-order valence-corrected chi connectivity index (χ1v) is 45.5. The van der Waals surface area contributed by atoms with Crippen molar-refractivity contribution in [3.05, 3.63) is 545 Å². The first-order chi connectivity index (χ1) is 69.5. The second-order valence-electron chi connectivity index (χ2n) is 30.2. The molecule has 0 fully saturated rings. The number of halogens is 3. The van der Waals surface area contributed by atoms with Crippen LogP contribution in [0.1, 0.15) is 33.3 Å². The van der Waals surface area contributed by atoms with Crippen molar-refractivity contribution in [1.29, 1.82) is 0 Å². The Labute approximate surface area is 965 Å². The summed E-state index contributed by atoms with van der Waals surface area (Å²) in [6.45, 7) is 5.70. The molecule has 6 radical (unpaired) electrons. The molecule has 0 atom stereocenters. The van der Waals surface area contributed by atoms with Gasteiger partial charge in [-0.2, -0.15) is 25.3 Å². The van der Waals surface area contributed by atoms with E-state index in [-0.39, 0.29) is 165 Å². The van der Waals surface area contributed by atoms with E-state index in [1.54, 1.807) is 72.9 Å². The molecule has 11 aromatic carbocycles. The molecule has 0 aliphatic heterocycles. The molecule has 0 amide bonds. The summed E-state index contributed by atoms with van der Waals surface area (Å²) >= 11 is 1.66. The summed E-state index contributed by atoms with van der Waals surface area (Å²) in [6.07, 6.45) is 14.0. The van der Waals surface area contributed by atoms with Crippen LogP contribution in [-0.2, 0) is 157 Å². The van der Waals surface area contributed by atoms with Gasteiger partial charge in [0.05, 0.1) is 11.5 Å². The van der Waals surface area contributed by atoms with Crippen LogP contribution in [0.25, 0.3) is 145 Å². The van der Waals surface area contributed by atoms with E-state index in [2.05, 4.69) is 147 Å². The summed E-state index contributed by atoms with van der Waals surface area (Å²) in [6, 6.07) is 154. The fraction of sp³-hybridized carbons (Fsp3) is 0.0407. The fourth-order valence-corrected chi connectivity index (χ4v) is 13.8. The Morgan fingerprint density at radius 3 is 0.987 bits per heavy atom. The predicted molar refractivity (Wildman–Crippen MR) is 563 cm³/mol. The van der Waals surface area contributed by atoms with Gasteiger partial charge in [0.25, 0.3) is 0 Å². The molecule has 11 aromatic heterocycles. The fourth-order valence-electron chi connectivity index (χ4n) is 13.1. The Morgan fingerprint density at radius 2 is 0.651 bits per heavy atom. The molecule has 0 aliphatic rings. The van der Waals surface area contributed by atoms with Crippen LogP contribution < -0.4 is 0 Å². The van der Waals surface area contributed by atoms with Gasteiger partial charge in [0.2, 0.25) is 5.89 Å². The van der Waals surface area contributed by atoms with Crippen LogP contribution in [0.4, 0.5) is 13.2 Å². The van der Waals surface area contributed by atoms with Crippen LogP contribution in [0, 0.1) is 48.5 Å². The van der Waals surface area contributed by atoms with Crippen LogP contribution in [0.2, 0.25) is 0 Å². The minimum absolute atomic E-state index is 0. The third-order valence-electron chi connectivity index (χ3n) is 19.5. The average molecular weight is 3230 g/mol. The van der Waals surface area contributed by atoms with E-state index in [1.165, 1.54) is 78.6 Å². The third-order valence-corrected chi connectivity index (χ3v) is 20.4. The summed E-state index contributed by atoms with van der Waals surface area (Å²) in [4.78, 5) is 63.8. The van der Waals surface area contributed by atoms with Gasteiger partial charge in [-0.1, -0.05) is 175 Å². The van der Waals surface area contributed by atoms with Gasteiger partial charge in [0.1, 0.15) is 11.2 Å². The van der Waals surface area contributed by atoms with E-state index < -0.39 is 11.7 Å². The van der Waals surface area contributed by atoms with Crippen molar-refractivity contribution in [2.45, 2.75) is 33.9 Å². The first kappa shape index (κ1) is 126. The number of ketones is 2. The van der Waals surface area contributed by atoms with E-state index in [0.717, 1.165) is 107 Å². The summed E-state index contributed by atoms with van der Waals surface area (Å²) in [5, 5.41) is 23.5. The van der Waals surface area contributed by atoms with Crippen molar-refractivity contribution < 1.29 is 179 Å². The Balaban J connectivity index is 0.000000289. The quantitative estimate of drug-likeness (QED) is 0.0661. The summed E-state index contributed by atoms with van der Waals surface area (Å²) in [5.74, 6) is 0.441. The normalized spacial score (nSPS) is 9.93. The molecule has 0 bridgehead atoms. The number of thiophene rings is 1. The number of hydrogen-bond donors (Lipinski definition) is 2. The van der Waals surface area contributed by atoms with Crippen LogP contribution in [0.15, 0.2) is 496 Å². The maximum absolute atomic E-state index is 12.3. The Bertz CT molecular complexity index is 6990. The van der Waals surface area contributed by atoms with Crippen molar-refractivity contribution in [3.63, 3.8) is 0 Å². The molecule has 22 rings (SSSR count). The molecular weight excluding hydrogens is 3130 g/mol. The molecule has 764 valence electrons. The summed E-state index contributed by atoms with van der Waals surface area (Å²) in [5.41, 5.74) is 18.4. The Hall–Kier alpha value is -13.7. The van der Waals surface area contributed by atoms with Gasteiger partial charge in [-0.3, -0.25) is 14.6 Å². The number of nitrogens with zero attached hydrogens (tertiary/aromatic N) is 10. The molecule has 26 heteroatoms. The maximum Gasteiger partial charge on any atom is 0.381 e. The van der Waals surface area contributed by atoms with Gasteiger partial charge >= 0.3 is 6.18 Å².